The van der Waals surface area contributed by atoms with Crippen molar-refractivity contribution in [3.8, 4) is 0 Å². The Balaban J connectivity index is 1.17. The largest absolute Gasteiger partial charge is 0.416 e. The molecule has 0 atom stereocenters. The molecule has 3 heterocycles. The maximum absolute atomic E-state index is 13.0. The summed E-state index contributed by atoms with van der Waals surface area (Å²) in [6.45, 7) is 7.39. The molecule has 0 saturated carbocycles. The number of aryl methyl sites for hydroxylation is 2. The predicted molar refractivity (Wildman–Crippen MR) is 143 cm³/mol. The van der Waals surface area contributed by atoms with Crippen LogP contribution in [0.15, 0.2) is 66.9 Å². The van der Waals surface area contributed by atoms with Gasteiger partial charge in [0, 0.05) is 50.3 Å². The molecule has 0 unspecified atom stereocenters. The van der Waals surface area contributed by atoms with Crippen molar-refractivity contribution in [2.75, 3.05) is 36.0 Å². The van der Waals surface area contributed by atoms with Gasteiger partial charge in [0.1, 0.15) is 11.3 Å². The van der Waals surface area contributed by atoms with Crippen LogP contribution < -0.4 is 15.1 Å². The Kier molecular flexibility index (Phi) is 7.01. The van der Waals surface area contributed by atoms with E-state index in [1.54, 1.807) is 12.1 Å². The molecule has 1 N–H and O–H groups in total. The number of halogens is 3. The smallest absolute Gasteiger partial charge is 0.368 e. The standard InChI is InChI=1S/C29H30F3N5O/c1-3-25-27(37-13-12-20(2)18-26(37)34-25)28(38)33-19-21-4-8-23(9-5-21)35-14-16-36(17-15-35)24-10-6-22(7-11-24)29(30,31)32/h4-13,18H,3,14-17,19H2,1-2H3,(H,33,38). The Morgan fingerprint density at radius 3 is 2.05 bits per heavy atom. The highest BCUT2D eigenvalue weighted by Gasteiger charge is 2.30. The quantitative estimate of drug-likeness (QED) is 0.365. The molecule has 2 aromatic heterocycles. The van der Waals surface area contributed by atoms with Crippen LogP contribution in [0.25, 0.3) is 5.65 Å². The average Bonchev–Trinajstić information content (AvgIpc) is 3.29. The summed E-state index contributed by atoms with van der Waals surface area (Å²) in [6, 6.07) is 17.4. The normalized spacial score (nSPS) is 14.2. The van der Waals surface area contributed by atoms with Crippen LogP contribution in [0.2, 0.25) is 0 Å². The van der Waals surface area contributed by atoms with Crippen LogP contribution >= 0.6 is 0 Å². The molecular formula is C29H30F3N5O. The van der Waals surface area contributed by atoms with Crippen molar-refractivity contribution in [2.24, 2.45) is 0 Å². The number of carbonyl (C=O) groups is 1. The lowest BCUT2D eigenvalue weighted by atomic mass is 10.1. The van der Waals surface area contributed by atoms with Crippen molar-refractivity contribution in [1.82, 2.24) is 14.7 Å². The number of imidazole rings is 1. The van der Waals surface area contributed by atoms with Crippen LogP contribution in [-0.2, 0) is 19.1 Å². The highest BCUT2D eigenvalue weighted by molar-refractivity contribution is 5.94. The lowest BCUT2D eigenvalue weighted by molar-refractivity contribution is -0.137. The van der Waals surface area contributed by atoms with Gasteiger partial charge in [-0.2, -0.15) is 13.2 Å². The second-order valence-electron chi connectivity index (χ2n) is 9.56. The second-order valence-corrected chi connectivity index (χ2v) is 9.56. The Morgan fingerprint density at radius 2 is 1.50 bits per heavy atom. The number of nitrogens with one attached hydrogen (secondary N) is 1. The SMILES string of the molecule is CCc1nc2cc(C)ccn2c1C(=O)NCc1ccc(N2CCN(c3ccc(C(F)(F)F)cc3)CC2)cc1. The number of pyridine rings is 1. The van der Waals surface area contributed by atoms with Crippen molar-refractivity contribution in [1.29, 1.82) is 0 Å². The molecule has 38 heavy (non-hydrogen) atoms. The van der Waals surface area contributed by atoms with Crippen LogP contribution in [0.5, 0.6) is 0 Å². The van der Waals surface area contributed by atoms with Crippen LogP contribution in [0.1, 0.15) is 39.8 Å². The number of rotatable bonds is 6. The van der Waals surface area contributed by atoms with Crippen LogP contribution in [0, 0.1) is 6.92 Å². The molecule has 1 aliphatic heterocycles. The minimum Gasteiger partial charge on any atom is -0.368 e. The predicted octanol–water partition coefficient (Wildman–Crippen LogP) is 5.48. The maximum Gasteiger partial charge on any atom is 0.416 e. The molecule has 5 rings (SSSR count). The average molecular weight is 522 g/mol. The highest BCUT2D eigenvalue weighted by Crippen LogP contribution is 2.31. The molecule has 198 valence electrons. The molecule has 0 radical (unpaired) electrons. The summed E-state index contributed by atoms with van der Waals surface area (Å²) in [5, 5.41) is 3.03. The van der Waals surface area contributed by atoms with Crippen molar-refractivity contribution < 1.29 is 18.0 Å². The topological polar surface area (TPSA) is 52.9 Å². The molecule has 1 saturated heterocycles. The van der Waals surface area contributed by atoms with Gasteiger partial charge in [-0.3, -0.25) is 9.20 Å². The summed E-state index contributed by atoms with van der Waals surface area (Å²) in [7, 11) is 0. The zero-order valence-corrected chi connectivity index (χ0v) is 21.4. The van der Waals surface area contributed by atoms with Gasteiger partial charge in [-0.15, -0.1) is 0 Å². The Hall–Kier alpha value is -4.01. The number of carbonyl (C=O) groups excluding carboxylic acids is 1. The van der Waals surface area contributed by atoms with Gasteiger partial charge in [-0.05, 0) is 73.0 Å². The van der Waals surface area contributed by atoms with Crippen LogP contribution in [0.3, 0.4) is 0 Å². The number of benzene rings is 2. The molecule has 9 heteroatoms. The van der Waals surface area contributed by atoms with Gasteiger partial charge in [-0.1, -0.05) is 19.1 Å². The summed E-state index contributed by atoms with van der Waals surface area (Å²) in [5.41, 5.74) is 5.47. The summed E-state index contributed by atoms with van der Waals surface area (Å²) in [6.07, 6.45) is -1.76. The van der Waals surface area contributed by atoms with E-state index in [0.717, 1.165) is 72.2 Å². The van der Waals surface area contributed by atoms with Gasteiger partial charge < -0.3 is 15.1 Å². The number of hydrogen-bond donors (Lipinski definition) is 1. The van der Waals surface area contributed by atoms with Crippen molar-refractivity contribution in [3.63, 3.8) is 0 Å². The van der Waals surface area contributed by atoms with Crippen molar-refractivity contribution in [3.05, 3.63) is 94.9 Å². The number of aromatic nitrogens is 2. The third-order valence-corrected chi connectivity index (χ3v) is 7.00. The summed E-state index contributed by atoms with van der Waals surface area (Å²) >= 11 is 0. The highest BCUT2D eigenvalue weighted by atomic mass is 19.4. The van der Waals surface area contributed by atoms with Gasteiger partial charge in [0.15, 0.2) is 0 Å². The monoisotopic (exact) mass is 521 g/mol. The number of nitrogens with zero attached hydrogens (tertiary/aromatic N) is 4. The van der Waals surface area contributed by atoms with Gasteiger partial charge >= 0.3 is 6.18 Å². The maximum atomic E-state index is 13.0. The molecule has 1 amide bonds. The number of hydrogen-bond acceptors (Lipinski definition) is 4. The number of anilines is 2. The lowest BCUT2D eigenvalue weighted by Crippen LogP contribution is -2.46. The van der Waals surface area contributed by atoms with E-state index in [-0.39, 0.29) is 5.91 Å². The fourth-order valence-corrected chi connectivity index (χ4v) is 4.86. The first-order valence-electron chi connectivity index (χ1n) is 12.7. The van der Waals surface area contributed by atoms with E-state index >= 15 is 0 Å². The third-order valence-electron chi connectivity index (χ3n) is 7.00. The summed E-state index contributed by atoms with van der Waals surface area (Å²) < 4.78 is 40.4. The fraction of sp³-hybridized carbons (Fsp3) is 0.310. The Bertz CT molecular complexity index is 1420. The first-order valence-corrected chi connectivity index (χ1v) is 12.7. The molecule has 0 aliphatic carbocycles. The zero-order chi connectivity index (χ0) is 26.9. The van der Waals surface area contributed by atoms with Crippen LogP contribution in [-0.4, -0.2) is 41.5 Å². The van der Waals surface area contributed by atoms with Gasteiger partial charge in [0.05, 0.1) is 11.3 Å². The van der Waals surface area contributed by atoms with E-state index in [1.165, 1.54) is 0 Å². The molecule has 6 nitrogen and oxygen atoms in total. The molecule has 0 spiro atoms. The zero-order valence-electron chi connectivity index (χ0n) is 21.4. The molecular weight excluding hydrogens is 491 g/mol. The summed E-state index contributed by atoms with van der Waals surface area (Å²) in [5.74, 6) is -0.151. The number of alkyl halides is 3. The summed E-state index contributed by atoms with van der Waals surface area (Å²) in [4.78, 5) is 22.0. The molecule has 1 aliphatic rings. The van der Waals surface area contributed by atoms with E-state index in [2.05, 4.69) is 20.1 Å². The Morgan fingerprint density at radius 1 is 0.921 bits per heavy atom. The number of fused-ring (bicyclic) bond motifs is 1. The van der Waals surface area contributed by atoms with E-state index in [1.807, 2.05) is 60.8 Å². The minimum atomic E-state index is -4.32. The second kappa shape index (κ2) is 10.4. The lowest BCUT2D eigenvalue weighted by Gasteiger charge is -2.37. The number of amides is 1. The van der Waals surface area contributed by atoms with Gasteiger partial charge in [0.25, 0.3) is 5.91 Å². The fourth-order valence-electron chi connectivity index (χ4n) is 4.86. The van der Waals surface area contributed by atoms with Gasteiger partial charge in [0.2, 0.25) is 0 Å². The van der Waals surface area contributed by atoms with E-state index in [4.69, 9.17) is 0 Å². The molecule has 0 bridgehead atoms. The van der Waals surface area contributed by atoms with Crippen molar-refractivity contribution in [2.45, 2.75) is 33.0 Å². The molecule has 2 aromatic carbocycles. The molecule has 4 aromatic rings. The first kappa shape index (κ1) is 25.6. The molecule has 1 fully saturated rings. The van der Waals surface area contributed by atoms with Gasteiger partial charge in [-0.25, -0.2) is 4.98 Å². The van der Waals surface area contributed by atoms with E-state index in [0.29, 0.717) is 18.7 Å². The Labute approximate surface area is 219 Å². The van der Waals surface area contributed by atoms with Crippen LogP contribution in [0.4, 0.5) is 24.5 Å². The first-order chi connectivity index (χ1) is 18.2. The van der Waals surface area contributed by atoms with E-state index < -0.39 is 11.7 Å². The number of piperazine rings is 1. The third kappa shape index (κ3) is 5.32. The van der Waals surface area contributed by atoms with Crippen molar-refractivity contribution >= 4 is 22.9 Å². The minimum absolute atomic E-state index is 0.151. The van der Waals surface area contributed by atoms with E-state index in [9.17, 15) is 18.0 Å².